The van der Waals surface area contributed by atoms with Gasteiger partial charge in [0.2, 0.25) is 5.16 Å². The lowest BCUT2D eigenvalue weighted by atomic mass is 9.99. The third kappa shape index (κ3) is 8.78. The maximum atomic E-state index is 12.4. The fourth-order valence-corrected chi connectivity index (χ4v) is 6.46. The first kappa shape index (κ1) is 34.0. The first-order chi connectivity index (χ1) is 23.9. The van der Waals surface area contributed by atoms with Gasteiger partial charge < -0.3 is 24.6 Å². The molecule has 0 saturated carbocycles. The standard InChI is InChI=1S/C37H37N5O6S/c1-24(46-25(2)44)35(45)38-21-27-8-6-9-29(18-27)30-10-7-11-31(19-30)36-47-33(20-34(48-36)28-16-14-26(22-43)15-17-28)23-49-37-39-40-41-42(37)32-12-4-3-5-13-32/h3-19,24,33-34,36,43H,20-23H2,1-2H3,(H,38,45). The zero-order valence-corrected chi connectivity index (χ0v) is 28.0. The monoisotopic (exact) mass is 679 g/mol. The molecule has 1 aliphatic heterocycles. The molecule has 5 aromatic rings. The molecule has 2 heterocycles. The molecule has 0 radical (unpaired) electrons. The van der Waals surface area contributed by atoms with Gasteiger partial charge in [0.05, 0.1) is 24.5 Å². The van der Waals surface area contributed by atoms with Crippen molar-refractivity contribution >= 4 is 23.6 Å². The molecule has 1 aromatic heterocycles. The van der Waals surface area contributed by atoms with Crippen molar-refractivity contribution in [3.05, 3.63) is 125 Å². The molecule has 1 fully saturated rings. The molecule has 1 amide bonds. The molecule has 1 saturated heterocycles. The lowest BCUT2D eigenvalue weighted by molar-refractivity contribution is -0.245. The number of benzene rings is 4. The lowest BCUT2D eigenvalue weighted by Gasteiger charge is -2.36. The largest absolute Gasteiger partial charge is 0.453 e. The summed E-state index contributed by atoms with van der Waals surface area (Å²) in [6.45, 7) is 3.08. The molecule has 4 aromatic carbocycles. The number of ether oxygens (including phenoxy) is 3. The fourth-order valence-electron chi connectivity index (χ4n) is 5.55. The maximum Gasteiger partial charge on any atom is 0.303 e. The molecule has 2 N–H and O–H groups in total. The number of rotatable bonds is 12. The molecule has 0 bridgehead atoms. The lowest BCUT2D eigenvalue weighted by Crippen LogP contribution is -2.35. The average molecular weight is 680 g/mol. The third-order valence-corrected chi connectivity index (χ3v) is 9.10. The van der Waals surface area contributed by atoms with Crippen LogP contribution in [0.4, 0.5) is 0 Å². The maximum absolute atomic E-state index is 12.4. The summed E-state index contributed by atoms with van der Waals surface area (Å²) in [6, 6.07) is 33.5. The summed E-state index contributed by atoms with van der Waals surface area (Å²) < 4.78 is 19.9. The van der Waals surface area contributed by atoms with Crippen LogP contribution in [-0.2, 0) is 37.0 Å². The van der Waals surface area contributed by atoms with Gasteiger partial charge in [-0.1, -0.05) is 90.6 Å². The smallest absolute Gasteiger partial charge is 0.303 e. The van der Waals surface area contributed by atoms with Crippen molar-refractivity contribution in [1.29, 1.82) is 0 Å². The molecule has 11 nitrogen and oxygen atoms in total. The van der Waals surface area contributed by atoms with E-state index in [-0.39, 0.29) is 31.3 Å². The Morgan fingerprint density at radius 2 is 1.69 bits per heavy atom. The Bertz CT molecular complexity index is 1870. The topological polar surface area (TPSA) is 138 Å². The van der Waals surface area contributed by atoms with Crippen molar-refractivity contribution < 1.29 is 28.9 Å². The predicted molar refractivity (Wildman–Crippen MR) is 183 cm³/mol. The number of nitrogens with zero attached hydrogens (tertiary/aromatic N) is 4. The van der Waals surface area contributed by atoms with Crippen LogP contribution in [0.2, 0.25) is 0 Å². The number of para-hydroxylation sites is 1. The summed E-state index contributed by atoms with van der Waals surface area (Å²) in [5.74, 6) is -0.266. The molecule has 0 aliphatic carbocycles. The van der Waals surface area contributed by atoms with Crippen LogP contribution < -0.4 is 5.32 Å². The minimum atomic E-state index is -0.870. The highest BCUT2D eigenvalue weighted by molar-refractivity contribution is 7.99. The molecular weight excluding hydrogens is 643 g/mol. The summed E-state index contributed by atoms with van der Waals surface area (Å²) in [4.78, 5) is 23.6. The van der Waals surface area contributed by atoms with Crippen molar-refractivity contribution in [2.24, 2.45) is 0 Å². The van der Waals surface area contributed by atoms with Crippen molar-refractivity contribution in [2.75, 3.05) is 5.75 Å². The number of tetrazole rings is 1. The Morgan fingerprint density at radius 1 is 0.939 bits per heavy atom. The number of aliphatic hydroxyl groups is 1. The number of aromatic nitrogens is 4. The van der Waals surface area contributed by atoms with Crippen LogP contribution in [-0.4, -0.2) is 55.2 Å². The van der Waals surface area contributed by atoms with Crippen LogP contribution in [0.15, 0.2) is 108 Å². The van der Waals surface area contributed by atoms with Gasteiger partial charge >= 0.3 is 5.97 Å². The van der Waals surface area contributed by atoms with E-state index in [1.165, 1.54) is 18.7 Å². The highest BCUT2D eigenvalue weighted by Crippen LogP contribution is 2.40. The van der Waals surface area contributed by atoms with Crippen LogP contribution in [0.1, 0.15) is 54.9 Å². The molecule has 49 heavy (non-hydrogen) atoms. The van der Waals surface area contributed by atoms with E-state index in [0.29, 0.717) is 17.3 Å². The number of hydrogen-bond donors (Lipinski definition) is 2. The van der Waals surface area contributed by atoms with Gasteiger partial charge in [0.1, 0.15) is 0 Å². The van der Waals surface area contributed by atoms with Gasteiger partial charge in [-0.15, -0.1) is 5.10 Å². The third-order valence-electron chi connectivity index (χ3n) is 8.05. The predicted octanol–water partition coefficient (Wildman–Crippen LogP) is 5.73. The highest BCUT2D eigenvalue weighted by Gasteiger charge is 2.33. The van der Waals surface area contributed by atoms with Gasteiger partial charge in [-0.05, 0) is 69.4 Å². The summed E-state index contributed by atoms with van der Waals surface area (Å²) >= 11 is 1.53. The van der Waals surface area contributed by atoms with Crippen LogP contribution >= 0.6 is 11.8 Å². The van der Waals surface area contributed by atoms with Gasteiger partial charge in [0, 0.05) is 31.2 Å². The van der Waals surface area contributed by atoms with E-state index < -0.39 is 18.4 Å². The number of esters is 1. The molecule has 1 aliphatic rings. The first-order valence-electron chi connectivity index (χ1n) is 16.0. The molecule has 4 atom stereocenters. The zero-order chi connectivity index (χ0) is 34.2. The normalized spacial score (nSPS) is 18.1. The Kier molecular flexibility index (Phi) is 11.1. The summed E-state index contributed by atoms with van der Waals surface area (Å²) in [7, 11) is 0. The first-order valence-corrected chi connectivity index (χ1v) is 17.0. The van der Waals surface area contributed by atoms with E-state index >= 15 is 0 Å². The number of nitrogens with one attached hydrogen (secondary N) is 1. The van der Waals surface area contributed by atoms with Gasteiger partial charge in [-0.3, -0.25) is 9.59 Å². The Labute approximate surface area is 288 Å². The van der Waals surface area contributed by atoms with Crippen LogP contribution in [0, 0.1) is 0 Å². The van der Waals surface area contributed by atoms with Gasteiger partial charge in [-0.25, -0.2) is 0 Å². The zero-order valence-electron chi connectivity index (χ0n) is 27.1. The molecule has 252 valence electrons. The summed E-state index contributed by atoms with van der Waals surface area (Å²) in [6.07, 6.45) is -1.31. The summed E-state index contributed by atoms with van der Waals surface area (Å²) in [5.41, 5.74) is 6.42. The minimum absolute atomic E-state index is 0.0271. The second-order valence-electron chi connectivity index (χ2n) is 11.7. The van der Waals surface area contributed by atoms with Crippen molar-refractivity contribution in [3.8, 4) is 16.8 Å². The Balaban J connectivity index is 1.20. The fraction of sp³-hybridized carbons (Fsp3) is 0.270. The average Bonchev–Trinajstić information content (AvgIpc) is 3.62. The van der Waals surface area contributed by atoms with E-state index in [1.807, 2.05) is 97.1 Å². The van der Waals surface area contributed by atoms with Gasteiger partial charge in [-0.2, -0.15) is 4.68 Å². The van der Waals surface area contributed by atoms with Crippen molar-refractivity contribution in [2.45, 2.75) is 63.2 Å². The summed E-state index contributed by atoms with van der Waals surface area (Å²) in [5, 5.41) is 25.4. The molecular formula is C37H37N5O6S. The van der Waals surface area contributed by atoms with E-state index in [0.717, 1.165) is 39.1 Å². The minimum Gasteiger partial charge on any atom is -0.453 e. The second kappa shape index (κ2) is 16.0. The Hall–Kier alpha value is -4.88. The van der Waals surface area contributed by atoms with E-state index in [2.05, 4.69) is 26.9 Å². The number of hydrogen-bond acceptors (Lipinski definition) is 10. The van der Waals surface area contributed by atoms with Gasteiger partial charge in [0.15, 0.2) is 12.4 Å². The van der Waals surface area contributed by atoms with Crippen molar-refractivity contribution in [3.63, 3.8) is 0 Å². The van der Waals surface area contributed by atoms with E-state index in [4.69, 9.17) is 14.2 Å². The van der Waals surface area contributed by atoms with Crippen LogP contribution in [0.5, 0.6) is 0 Å². The quantitative estimate of drug-likeness (QED) is 0.124. The number of amides is 1. The van der Waals surface area contributed by atoms with E-state index in [9.17, 15) is 14.7 Å². The Morgan fingerprint density at radius 3 is 2.45 bits per heavy atom. The number of aliphatic hydroxyl groups excluding tert-OH is 1. The van der Waals surface area contributed by atoms with Gasteiger partial charge in [0.25, 0.3) is 5.91 Å². The molecule has 0 spiro atoms. The highest BCUT2D eigenvalue weighted by atomic mass is 32.2. The van der Waals surface area contributed by atoms with E-state index in [1.54, 1.807) is 11.6 Å². The number of carbonyl (C=O) groups excluding carboxylic acids is 2. The molecule has 4 unspecified atom stereocenters. The molecule has 6 rings (SSSR count). The van der Waals surface area contributed by atoms with Crippen LogP contribution in [0.25, 0.3) is 16.8 Å². The number of carbonyl (C=O) groups is 2. The SMILES string of the molecule is CC(=O)OC(C)C(=O)NCc1cccc(-c2cccc(C3OC(CSc4nnnn4-c4ccccc4)CC(c4ccc(CO)cc4)O3)c2)c1. The second-order valence-corrected chi connectivity index (χ2v) is 12.7. The van der Waals surface area contributed by atoms with Crippen molar-refractivity contribution in [1.82, 2.24) is 25.5 Å². The van der Waals surface area contributed by atoms with Crippen LogP contribution in [0.3, 0.4) is 0 Å². The molecule has 12 heteroatoms. The number of thioether (sulfide) groups is 1.